The molecule has 2 aromatic rings. The zero-order valence-electron chi connectivity index (χ0n) is 15.0. The van der Waals surface area contributed by atoms with Crippen molar-refractivity contribution in [2.24, 2.45) is 0 Å². The molecule has 0 N–H and O–H groups in total. The van der Waals surface area contributed by atoms with Gasteiger partial charge in [-0.05, 0) is 0 Å². The second-order valence-electron chi connectivity index (χ2n) is 6.63. The van der Waals surface area contributed by atoms with E-state index in [0.717, 1.165) is 12.8 Å². The Morgan fingerprint density at radius 3 is 1.54 bits per heavy atom. The van der Waals surface area contributed by atoms with Crippen molar-refractivity contribution >= 4 is 22.9 Å². The molecule has 0 aliphatic heterocycles. The molecule has 1 nitrogen and oxygen atoms in total. The van der Waals surface area contributed by atoms with Gasteiger partial charge in [0.2, 0.25) is 0 Å². The molecule has 2 rings (SSSR count). The van der Waals surface area contributed by atoms with E-state index in [-0.39, 0.29) is 5.60 Å². The molecule has 0 amide bonds. The van der Waals surface area contributed by atoms with Crippen LogP contribution in [0.5, 0.6) is 0 Å². The SMILES string of the molecule is CCCCC(CCCC)([O][Sn])C(c1ccccc1)c1ccccc1. The van der Waals surface area contributed by atoms with Gasteiger partial charge in [-0.2, -0.15) is 0 Å². The summed E-state index contributed by atoms with van der Waals surface area (Å²) in [6.07, 6.45) is 7.11. The first kappa shape index (κ1) is 19.5. The van der Waals surface area contributed by atoms with Crippen LogP contribution < -0.4 is 0 Å². The first-order valence-corrected chi connectivity index (χ1v) is 10.4. The first-order chi connectivity index (χ1) is 11.8. The second kappa shape index (κ2) is 10.2. The van der Waals surface area contributed by atoms with Crippen molar-refractivity contribution in [3.05, 3.63) is 71.8 Å². The van der Waals surface area contributed by atoms with Crippen molar-refractivity contribution in [1.82, 2.24) is 0 Å². The van der Waals surface area contributed by atoms with Crippen molar-refractivity contribution in [3.63, 3.8) is 0 Å². The van der Waals surface area contributed by atoms with Gasteiger partial charge in [0.25, 0.3) is 0 Å². The van der Waals surface area contributed by atoms with Gasteiger partial charge in [0.1, 0.15) is 0 Å². The Bertz CT molecular complexity index is 520. The molecule has 0 heterocycles. The fraction of sp³-hybridized carbons (Fsp3) is 0.455. The van der Waals surface area contributed by atoms with Gasteiger partial charge in [0, 0.05) is 0 Å². The van der Waals surface area contributed by atoms with E-state index < -0.39 is 0 Å². The molecule has 0 bridgehead atoms. The molecule has 0 aliphatic rings. The molecule has 0 aromatic heterocycles. The Labute approximate surface area is 161 Å². The average molecular weight is 428 g/mol. The normalized spacial score (nSPS) is 11.8. The van der Waals surface area contributed by atoms with Crippen molar-refractivity contribution in [3.8, 4) is 0 Å². The summed E-state index contributed by atoms with van der Waals surface area (Å²) in [5.74, 6) is 0.303. The van der Waals surface area contributed by atoms with Gasteiger partial charge in [-0.15, -0.1) is 0 Å². The molecule has 0 unspecified atom stereocenters. The summed E-state index contributed by atoms with van der Waals surface area (Å²) >= 11 is 1.18. The van der Waals surface area contributed by atoms with Gasteiger partial charge in [0.15, 0.2) is 0 Å². The van der Waals surface area contributed by atoms with E-state index in [1.165, 1.54) is 59.7 Å². The fourth-order valence-corrected chi connectivity index (χ4v) is 4.54. The van der Waals surface area contributed by atoms with Crippen LogP contribution in [0.1, 0.15) is 69.4 Å². The molecule has 24 heavy (non-hydrogen) atoms. The van der Waals surface area contributed by atoms with Crippen molar-refractivity contribution in [2.75, 3.05) is 0 Å². The zero-order valence-corrected chi connectivity index (χ0v) is 17.9. The summed E-state index contributed by atoms with van der Waals surface area (Å²) in [6.45, 7) is 4.54. The first-order valence-electron chi connectivity index (χ1n) is 9.22. The Hall–Kier alpha value is -0.801. The zero-order chi connectivity index (χ0) is 17.3. The molecule has 0 aliphatic carbocycles. The third-order valence-electron chi connectivity index (χ3n) is 4.90. The summed E-state index contributed by atoms with van der Waals surface area (Å²) in [4.78, 5) is 0. The molecule has 0 spiro atoms. The minimum absolute atomic E-state index is 0.0902. The van der Waals surface area contributed by atoms with Crippen molar-refractivity contribution in [2.45, 2.75) is 63.9 Å². The molecule has 0 saturated heterocycles. The van der Waals surface area contributed by atoms with Gasteiger partial charge in [-0.3, -0.25) is 0 Å². The number of unbranched alkanes of at least 4 members (excludes halogenated alkanes) is 2. The third-order valence-corrected chi connectivity index (χ3v) is 6.06. The van der Waals surface area contributed by atoms with Crippen LogP contribution >= 0.6 is 0 Å². The molecule has 0 fully saturated rings. The number of rotatable bonds is 10. The van der Waals surface area contributed by atoms with E-state index in [1.54, 1.807) is 0 Å². The number of hydrogen-bond donors (Lipinski definition) is 0. The maximum absolute atomic E-state index is 6.40. The van der Waals surface area contributed by atoms with Crippen LogP contribution in [0.4, 0.5) is 0 Å². The van der Waals surface area contributed by atoms with Gasteiger partial charge in [-0.25, -0.2) is 0 Å². The fourth-order valence-electron chi connectivity index (χ4n) is 3.62. The van der Waals surface area contributed by atoms with E-state index in [2.05, 4.69) is 74.5 Å². The predicted octanol–water partition coefficient (Wildman–Crippen LogP) is 6.04. The van der Waals surface area contributed by atoms with Crippen LogP contribution in [0.2, 0.25) is 0 Å². The van der Waals surface area contributed by atoms with Crippen molar-refractivity contribution < 1.29 is 3.07 Å². The van der Waals surface area contributed by atoms with Gasteiger partial charge < -0.3 is 0 Å². The van der Waals surface area contributed by atoms with Crippen LogP contribution in [-0.4, -0.2) is 28.5 Å². The van der Waals surface area contributed by atoms with Crippen LogP contribution in [0, 0.1) is 0 Å². The summed E-state index contributed by atoms with van der Waals surface area (Å²) in [5, 5.41) is 0. The quantitative estimate of drug-likeness (QED) is 0.420. The molecular weight excluding hydrogens is 399 g/mol. The summed E-state index contributed by atoms with van der Waals surface area (Å²) < 4.78 is 6.40. The Balaban J connectivity index is 2.51. The maximum atomic E-state index is 6.40. The van der Waals surface area contributed by atoms with E-state index in [1.807, 2.05) is 0 Å². The molecule has 2 heteroatoms. The van der Waals surface area contributed by atoms with E-state index >= 15 is 0 Å². The van der Waals surface area contributed by atoms with E-state index in [4.69, 9.17) is 3.07 Å². The molecule has 0 atom stereocenters. The van der Waals surface area contributed by atoms with E-state index in [9.17, 15) is 0 Å². The standard InChI is InChI=1S/C22H29O.Sn/c1-3-5-17-22(23,18-6-4-2)21(19-13-9-7-10-14-19)20-15-11-8-12-16-20;/h7-16,21H,3-6,17-18H2,1-2H3;/q-1;+1. The topological polar surface area (TPSA) is 9.23 Å². The van der Waals surface area contributed by atoms with Crippen LogP contribution in [0.3, 0.4) is 0 Å². The molecule has 3 radical (unpaired) electrons. The van der Waals surface area contributed by atoms with Crippen molar-refractivity contribution in [1.29, 1.82) is 0 Å². The molecule has 127 valence electrons. The van der Waals surface area contributed by atoms with Gasteiger partial charge in [0.05, 0.1) is 0 Å². The summed E-state index contributed by atoms with van der Waals surface area (Å²) in [6, 6.07) is 21.9. The monoisotopic (exact) mass is 429 g/mol. The molecule has 2 aromatic carbocycles. The molecular formula is C22H29OSn. The van der Waals surface area contributed by atoms with Gasteiger partial charge in [-0.1, -0.05) is 0 Å². The Kier molecular flexibility index (Phi) is 8.34. The number of hydrogen-bond acceptors (Lipinski definition) is 1. The minimum atomic E-state index is -0.0902. The van der Waals surface area contributed by atoms with Crippen LogP contribution in [0.15, 0.2) is 60.7 Å². The van der Waals surface area contributed by atoms with Crippen LogP contribution in [0.25, 0.3) is 0 Å². The second-order valence-corrected chi connectivity index (χ2v) is 7.21. The summed E-state index contributed by atoms with van der Waals surface area (Å²) in [7, 11) is 0. The number of benzene rings is 2. The van der Waals surface area contributed by atoms with E-state index in [0.29, 0.717) is 5.92 Å². The Morgan fingerprint density at radius 1 is 0.792 bits per heavy atom. The Morgan fingerprint density at radius 2 is 1.21 bits per heavy atom. The van der Waals surface area contributed by atoms with Crippen LogP contribution in [-0.2, 0) is 3.07 Å². The van der Waals surface area contributed by atoms with Gasteiger partial charge >= 0.3 is 162 Å². The third kappa shape index (κ3) is 4.86. The predicted molar refractivity (Wildman–Crippen MR) is 103 cm³/mol. The molecule has 0 saturated carbocycles. The average Bonchev–Trinajstić information content (AvgIpc) is 2.65. The summed E-state index contributed by atoms with van der Waals surface area (Å²) in [5.41, 5.74) is 2.66.